The summed E-state index contributed by atoms with van der Waals surface area (Å²) in [5, 5.41) is 6.23. The van der Waals surface area contributed by atoms with Crippen LogP contribution >= 0.6 is 0 Å². The molecule has 0 N–H and O–H groups in total. The highest BCUT2D eigenvalue weighted by molar-refractivity contribution is 6.31. The number of rotatable bonds is 9. The van der Waals surface area contributed by atoms with Crippen LogP contribution in [0.25, 0.3) is 263 Å². The number of hydrogen-bond acceptors (Lipinski definition) is 3. The molecule has 3 heterocycles. The van der Waals surface area contributed by atoms with Gasteiger partial charge in [0.1, 0.15) is 33.5 Å². The Morgan fingerprint density at radius 2 is 0.419 bits per heavy atom. The second-order valence-electron chi connectivity index (χ2n) is 30.4. The molecule has 3 aromatic heterocycles. The molecule has 0 radical (unpaired) electrons. The van der Waals surface area contributed by atoms with Gasteiger partial charge in [0.05, 0.1) is 60.3 Å². The van der Waals surface area contributed by atoms with E-state index in [-0.39, 0.29) is 126 Å². The molecule has 600 valence electrons. The van der Waals surface area contributed by atoms with Crippen molar-refractivity contribution in [2.75, 3.05) is 0 Å². The van der Waals surface area contributed by atoms with E-state index < -0.39 is 288 Å². The predicted molar refractivity (Wildman–Crippen MR) is 548 cm³/mol. The summed E-state index contributed by atoms with van der Waals surface area (Å²) in [5.41, 5.74) is 3.79. The van der Waals surface area contributed by atoms with E-state index in [9.17, 15) is 16.4 Å². The average molecular weight is 1680 g/mol. The smallest absolute Gasteiger partial charge is 0.143 e. The summed E-state index contributed by atoms with van der Waals surface area (Å²) in [4.78, 5) is 0. The molecule has 27 aromatic rings. The van der Waals surface area contributed by atoms with Crippen LogP contribution in [0.5, 0.6) is 0 Å². The first-order valence-corrected chi connectivity index (χ1v) is 40.7. The quantitative estimate of drug-likeness (QED) is 0.107. The summed E-state index contributed by atoms with van der Waals surface area (Å²) >= 11 is 0. The minimum absolute atomic E-state index is 0.0463. The topological polar surface area (TPSA) is 39.4 Å². The monoisotopic (exact) mass is 1680 g/mol. The third-order valence-corrected chi connectivity index (χ3v) is 23.6. The van der Waals surface area contributed by atoms with E-state index >= 15 is 0 Å². The zero-order valence-electron chi connectivity index (χ0n) is 111. The highest BCUT2D eigenvalue weighted by Crippen LogP contribution is 2.54. The molecule has 0 atom stereocenters. The van der Waals surface area contributed by atoms with Gasteiger partial charge in [0.25, 0.3) is 0 Å². The Kier molecular flexibility index (Phi) is 10.3. The Morgan fingerprint density at radius 3 is 0.798 bits per heavy atom. The summed E-state index contributed by atoms with van der Waals surface area (Å²) in [6.45, 7) is 0. The molecular formula is C126H78O3. The Labute approximate surface area is 805 Å². The molecule has 0 aliphatic carbocycles. The molecule has 0 saturated carbocycles. The van der Waals surface area contributed by atoms with Gasteiger partial charge in [0, 0.05) is 49.0 Å². The van der Waals surface area contributed by atoms with Crippen LogP contribution in [0, 0.1) is 0 Å². The van der Waals surface area contributed by atoms with Crippen molar-refractivity contribution >= 4 is 163 Å². The van der Waals surface area contributed by atoms with E-state index in [0.29, 0.717) is 60.4 Å². The fraction of sp³-hybridized carbons (Fsp3) is 0. The van der Waals surface area contributed by atoms with Gasteiger partial charge in [-0.25, -0.2) is 0 Å². The number of benzene rings is 24. The van der Waals surface area contributed by atoms with Gasteiger partial charge in [-0.3, -0.25) is 0 Å². The largest absolute Gasteiger partial charge is 0.455 e. The summed E-state index contributed by atoms with van der Waals surface area (Å²) in [5.74, 6) is 0. The first-order chi connectivity index (χ1) is 82.3. The number of fused-ring (bicyclic) bond motifs is 19. The van der Waals surface area contributed by atoms with Crippen molar-refractivity contribution in [1.29, 1.82) is 0 Å². The molecule has 0 saturated heterocycles. The van der Waals surface area contributed by atoms with Gasteiger partial charge in [-0.2, -0.15) is 0 Å². The van der Waals surface area contributed by atoms with Crippen LogP contribution in [0.2, 0.25) is 0 Å². The van der Waals surface area contributed by atoms with Crippen LogP contribution in [0.15, 0.2) is 485 Å². The molecule has 24 aromatic carbocycles. The van der Waals surface area contributed by atoms with Gasteiger partial charge in [-0.1, -0.05) is 442 Å². The molecule has 0 fully saturated rings. The van der Waals surface area contributed by atoms with E-state index in [0.717, 1.165) is 54.6 Å². The summed E-state index contributed by atoms with van der Waals surface area (Å²) in [6.07, 6.45) is 0. The summed E-state index contributed by atoms with van der Waals surface area (Å²) in [7, 11) is 0. The normalized spacial score (nSPS) is 16.5. The van der Waals surface area contributed by atoms with E-state index in [1.165, 1.54) is 6.07 Å². The SMILES string of the molecule is [2H]c1c([2H])c([2H])c(-c2c3c([2H])c([2H])c([2H])c([2H])c3c(-c3cccc4oc5c(-c6cc7ccccc7c7ccccc67)cccc5c34)c3c([2H])c([2H])c([2H])c([2H])c23)c([2H])c1[2H].[2H]c1c([2H])c([2H])c(-c2c3c([2H])c([2H])c([2H])c([2H])c3c(-c3cccc4oc5c(-c6ccc7ccccc7c6)cccc5c34)c3c([2H])c([2H])c([2H])c([2H])c23)c([2H])c1[2H].[2H]c1c([2H])c([2H])c(-c2cccc3c2oc2cccc(-c4c5c([2H])c([2H])c([2H])c([2H])c5c(-c5c([2H])c([2H])c([2H])c([2H])c5[2H])c5c([2H])c([2H])c([2H])c([2H])c45)c23)c([2H])c1[2H]. The van der Waals surface area contributed by atoms with Crippen LogP contribution in [-0.4, -0.2) is 0 Å². The maximum Gasteiger partial charge on any atom is 0.143 e. The summed E-state index contributed by atoms with van der Waals surface area (Å²) in [6, 6.07) is 34.4. The molecule has 3 nitrogen and oxygen atoms in total. The lowest BCUT2D eigenvalue weighted by Crippen LogP contribution is -1.91. The van der Waals surface area contributed by atoms with E-state index in [1.807, 2.05) is 97.1 Å². The van der Waals surface area contributed by atoms with Crippen molar-refractivity contribution in [2.45, 2.75) is 0 Å². The Bertz CT molecular complexity index is 11700. The average Bonchev–Trinajstić information content (AvgIpc) is 1.47. The molecule has 0 spiro atoms. The van der Waals surface area contributed by atoms with E-state index in [4.69, 9.17) is 57.1 Å². The Hall–Kier alpha value is -17.0. The fourth-order valence-electron chi connectivity index (χ4n) is 18.4. The van der Waals surface area contributed by atoms with Crippen molar-refractivity contribution in [3.63, 3.8) is 0 Å². The summed E-state index contributed by atoms with van der Waals surface area (Å²) < 4.78 is 407. The maximum absolute atomic E-state index is 9.42. The first-order valence-electron chi connectivity index (χ1n) is 62.7. The lowest BCUT2D eigenvalue weighted by Gasteiger charge is -2.18. The van der Waals surface area contributed by atoms with E-state index in [1.54, 1.807) is 66.7 Å². The molecule has 0 aliphatic heterocycles. The first kappa shape index (κ1) is 42.6. The molecule has 27 rings (SSSR count). The molecule has 0 unspecified atom stereocenters. The van der Waals surface area contributed by atoms with Crippen molar-refractivity contribution in [1.82, 2.24) is 0 Å². The number of para-hydroxylation sites is 3. The molecule has 0 aliphatic rings. The van der Waals surface area contributed by atoms with Gasteiger partial charge in [0.15, 0.2) is 0 Å². The van der Waals surface area contributed by atoms with Crippen LogP contribution in [0.4, 0.5) is 0 Å². The lowest BCUT2D eigenvalue weighted by atomic mass is 9.85. The number of furan rings is 3. The second-order valence-corrected chi connectivity index (χ2v) is 30.4. The van der Waals surface area contributed by atoms with Crippen molar-refractivity contribution < 1.29 is 73.6 Å². The zero-order chi connectivity index (χ0) is 123. The standard InChI is InChI=1S/C46H28O.C42H26O.C38H24O/c1-2-14-29(15-3-1)43-34-20-8-10-22-36(34)44(37-23-11-9-21-35(37)43)39-25-13-27-42-45(39)40-26-12-24-38(46(40)47-42)41-28-30-16-4-5-17-31(30)32-18-6-7-19-33(32)41;1-2-13-28(14-3-1)39-32-16-6-8-18-34(32)40(35-19-9-7-17-33(35)39)36-21-11-23-38-41(36)37-22-10-20-31(42(37)43-38)30-25-24-27-12-4-5-15-29(27)26-30;1-3-13-25(14-4-1)27-21-11-23-33-37-32(22-12-24-34(37)39-38(27)33)36-30-19-9-7-17-28(30)35(26-15-5-2-6-16-26)29-18-8-10-20-31(29)36/h1-28H;1-26H;1-24H/i1D,2D,3D,8D,9D,10D,11D,14D,15D,20D,21D,22D,23D;1D,2D,3D,6D,7D,8D,9D,13D,14D,16D,17D,18D,19D;1D,2D,3D,4D,5D,6D,7D,8D,9D,10D,13D,14D,15D,16D,17D,18D,19D,20D. The lowest BCUT2D eigenvalue weighted by molar-refractivity contribution is 0.669. The van der Waals surface area contributed by atoms with Crippen LogP contribution in [0.1, 0.15) is 60.3 Å². The van der Waals surface area contributed by atoms with Crippen molar-refractivity contribution in [3.05, 3.63) is 472 Å². The minimum Gasteiger partial charge on any atom is -0.455 e. The maximum atomic E-state index is 9.42. The Morgan fingerprint density at radius 1 is 0.147 bits per heavy atom. The van der Waals surface area contributed by atoms with Gasteiger partial charge in [-0.15, -0.1) is 0 Å². The van der Waals surface area contributed by atoms with Gasteiger partial charge in [0.2, 0.25) is 0 Å². The highest BCUT2D eigenvalue weighted by Gasteiger charge is 2.27. The van der Waals surface area contributed by atoms with Crippen molar-refractivity contribution in [2.24, 2.45) is 0 Å². The molecule has 129 heavy (non-hydrogen) atoms. The van der Waals surface area contributed by atoms with Crippen LogP contribution in [-0.2, 0) is 0 Å². The molecular weight excluding hydrogens is 1560 g/mol. The highest BCUT2D eigenvalue weighted by atomic mass is 16.3. The fourth-order valence-corrected chi connectivity index (χ4v) is 18.4. The molecule has 3 heteroatoms. The third-order valence-electron chi connectivity index (χ3n) is 23.6. The minimum atomic E-state index is -0.775. The molecule has 0 amide bonds. The second kappa shape index (κ2) is 31.1. The van der Waals surface area contributed by atoms with Gasteiger partial charge >= 0.3 is 0 Å². The zero-order valence-corrected chi connectivity index (χ0v) is 66.9. The Balaban J connectivity index is 0.000000130. The van der Waals surface area contributed by atoms with Gasteiger partial charge in [-0.05, 0) is 211 Å². The van der Waals surface area contributed by atoms with E-state index in [2.05, 4.69) is 36.4 Å². The van der Waals surface area contributed by atoms with Gasteiger partial charge < -0.3 is 13.3 Å². The molecule has 0 bridgehead atoms. The van der Waals surface area contributed by atoms with Crippen molar-refractivity contribution in [3.8, 4) is 100 Å². The number of hydrogen-bond donors (Lipinski definition) is 0. The van der Waals surface area contributed by atoms with Crippen LogP contribution in [0.3, 0.4) is 0 Å². The van der Waals surface area contributed by atoms with Crippen LogP contribution < -0.4 is 0 Å². The third kappa shape index (κ3) is 12.3. The predicted octanol–water partition coefficient (Wildman–Crippen LogP) is 36.1.